The average Bonchev–Trinajstić information content (AvgIpc) is 3.58. The molecule has 0 saturated carbocycles. The summed E-state index contributed by atoms with van der Waals surface area (Å²) in [6.07, 6.45) is 3.92. The van der Waals surface area contributed by atoms with Crippen LogP contribution in [0.1, 0.15) is 0 Å². The molecule has 5 aromatic carbocycles. The van der Waals surface area contributed by atoms with E-state index in [1.54, 1.807) is 0 Å². The van der Waals surface area contributed by atoms with Crippen LogP contribution < -0.4 is 0 Å². The predicted octanol–water partition coefficient (Wildman–Crippen LogP) is 8.95. The van der Waals surface area contributed by atoms with Gasteiger partial charge in [0.1, 0.15) is 5.65 Å². The molecule has 0 aliphatic carbocycles. The summed E-state index contributed by atoms with van der Waals surface area (Å²) in [5.41, 5.74) is 9.88. The van der Waals surface area contributed by atoms with E-state index in [2.05, 4.69) is 124 Å². The molecule has 4 heterocycles. The number of hydrogen-bond donors (Lipinski definition) is 0. The lowest BCUT2D eigenvalue weighted by atomic mass is 10.0. The maximum atomic E-state index is 5.09. The Labute approximate surface area is 229 Å². The molecule has 186 valence electrons. The molecule has 4 aromatic heterocycles. The van der Waals surface area contributed by atoms with Gasteiger partial charge in [0, 0.05) is 33.3 Å². The Bertz CT molecular complexity index is 2430. The van der Waals surface area contributed by atoms with Crippen molar-refractivity contribution >= 4 is 60.2 Å². The lowest BCUT2D eigenvalue weighted by Crippen LogP contribution is -1.98. The Morgan fingerprint density at radius 1 is 0.500 bits per heavy atom. The van der Waals surface area contributed by atoms with E-state index in [1.807, 2.05) is 18.5 Å². The molecule has 0 amide bonds. The van der Waals surface area contributed by atoms with Crippen LogP contribution in [0, 0.1) is 0 Å². The van der Waals surface area contributed by atoms with E-state index in [9.17, 15) is 0 Å². The molecule has 0 radical (unpaired) electrons. The molecule has 9 aromatic rings. The monoisotopic (exact) mass is 510 g/mol. The largest absolute Gasteiger partial charge is 0.307 e. The summed E-state index contributed by atoms with van der Waals surface area (Å²) in [4.78, 5) is 9.81. The van der Waals surface area contributed by atoms with Crippen LogP contribution in [0.4, 0.5) is 0 Å². The van der Waals surface area contributed by atoms with Crippen LogP contribution in [0.25, 0.3) is 77.0 Å². The van der Waals surface area contributed by atoms with E-state index in [0.29, 0.717) is 0 Å². The minimum Gasteiger partial charge on any atom is -0.307 e. The molecule has 0 spiro atoms. The van der Waals surface area contributed by atoms with Gasteiger partial charge in [0.05, 0.1) is 39.5 Å². The molecule has 4 nitrogen and oxygen atoms in total. The zero-order valence-corrected chi connectivity index (χ0v) is 21.5. The highest BCUT2D eigenvalue weighted by molar-refractivity contribution is 6.27. The van der Waals surface area contributed by atoms with Crippen molar-refractivity contribution in [3.05, 3.63) is 134 Å². The summed E-state index contributed by atoms with van der Waals surface area (Å²) in [7, 11) is 0. The quantitative estimate of drug-likeness (QED) is 0.218. The Kier molecular flexibility index (Phi) is 4.30. The smallest absolute Gasteiger partial charge is 0.146 e. The van der Waals surface area contributed by atoms with Crippen molar-refractivity contribution < 1.29 is 0 Å². The molecule has 0 atom stereocenters. The minimum absolute atomic E-state index is 0.985. The fourth-order valence-corrected chi connectivity index (χ4v) is 6.45. The first-order chi connectivity index (χ1) is 19.9. The van der Waals surface area contributed by atoms with Gasteiger partial charge in [0.15, 0.2) is 0 Å². The highest BCUT2D eigenvalue weighted by Gasteiger charge is 2.20. The summed E-state index contributed by atoms with van der Waals surface area (Å²) in [6, 6.07) is 43.0. The van der Waals surface area contributed by atoms with Crippen LogP contribution in [0.5, 0.6) is 0 Å². The molecule has 0 fully saturated rings. The summed E-state index contributed by atoms with van der Waals surface area (Å²) in [6.45, 7) is 0. The fraction of sp³-hybridized carbons (Fsp3) is 0. The van der Waals surface area contributed by atoms with Crippen LogP contribution in [-0.4, -0.2) is 18.9 Å². The van der Waals surface area contributed by atoms with Crippen molar-refractivity contribution in [2.45, 2.75) is 0 Å². The number of rotatable bonds is 2. The van der Waals surface area contributed by atoms with Gasteiger partial charge in [-0.15, -0.1) is 0 Å². The summed E-state index contributed by atoms with van der Waals surface area (Å²) < 4.78 is 4.72. The van der Waals surface area contributed by atoms with Gasteiger partial charge in [0.2, 0.25) is 0 Å². The lowest BCUT2D eigenvalue weighted by molar-refractivity contribution is 1.15. The third kappa shape index (κ3) is 2.85. The molecular formula is C36H22N4. The normalized spacial score (nSPS) is 12.0. The average molecular weight is 511 g/mol. The molecule has 40 heavy (non-hydrogen) atoms. The van der Waals surface area contributed by atoms with Crippen molar-refractivity contribution in [3.63, 3.8) is 0 Å². The topological polar surface area (TPSA) is 35.1 Å². The van der Waals surface area contributed by atoms with Gasteiger partial charge >= 0.3 is 0 Å². The molecule has 0 aliphatic heterocycles. The number of nitrogens with zero attached hydrogens (tertiary/aromatic N) is 4. The van der Waals surface area contributed by atoms with E-state index in [4.69, 9.17) is 9.97 Å². The fourth-order valence-electron chi connectivity index (χ4n) is 6.45. The van der Waals surface area contributed by atoms with Crippen LogP contribution in [0.15, 0.2) is 134 Å². The van der Waals surface area contributed by atoms with Crippen LogP contribution >= 0.6 is 0 Å². The molecule has 0 N–H and O–H groups in total. The third-order valence-corrected chi connectivity index (χ3v) is 8.14. The van der Waals surface area contributed by atoms with Crippen molar-refractivity contribution in [1.29, 1.82) is 0 Å². The van der Waals surface area contributed by atoms with E-state index < -0.39 is 0 Å². The highest BCUT2D eigenvalue weighted by atomic mass is 15.0. The Morgan fingerprint density at radius 3 is 2.10 bits per heavy atom. The molecule has 0 saturated heterocycles. The number of benzene rings is 5. The highest BCUT2D eigenvalue weighted by Crippen LogP contribution is 2.41. The van der Waals surface area contributed by atoms with Gasteiger partial charge in [-0.2, -0.15) is 0 Å². The zero-order valence-electron chi connectivity index (χ0n) is 21.5. The SMILES string of the molecule is c1ccc(-c2cncc(-n3c4ccccc4c4ccc5c(c6ccccc6c6nc7ccccc7n56)c43)c2)cc1. The summed E-state index contributed by atoms with van der Waals surface area (Å²) in [5.74, 6) is 0. The number of pyridine rings is 2. The number of aromatic nitrogens is 4. The van der Waals surface area contributed by atoms with Crippen LogP contribution in [0.3, 0.4) is 0 Å². The maximum absolute atomic E-state index is 5.09. The van der Waals surface area contributed by atoms with E-state index >= 15 is 0 Å². The molecule has 0 bridgehead atoms. The Hall–Kier alpha value is -5.48. The standard InChI is InChI=1S/C36H22N4/c1-2-10-23(11-3-1)24-20-25(22-37-21-24)39-31-16-8-6-12-26(31)28-18-19-33-34(35(28)39)27-13-4-5-14-29(27)36-38-30-15-7-9-17-32(30)40(33)36/h1-22H. The molecule has 0 aliphatic rings. The van der Waals surface area contributed by atoms with Gasteiger partial charge in [0.25, 0.3) is 0 Å². The maximum Gasteiger partial charge on any atom is 0.146 e. The van der Waals surface area contributed by atoms with Crippen molar-refractivity contribution in [2.24, 2.45) is 0 Å². The summed E-state index contributed by atoms with van der Waals surface area (Å²) >= 11 is 0. The molecule has 9 rings (SSSR count). The van der Waals surface area contributed by atoms with Crippen molar-refractivity contribution in [1.82, 2.24) is 18.9 Å². The van der Waals surface area contributed by atoms with Gasteiger partial charge in [-0.3, -0.25) is 9.38 Å². The van der Waals surface area contributed by atoms with Gasteiger partial charge in [-0.25, -0.2) is 4.98 Å². The lowest BCUT2D eigenvalue weighted by Gasteiger charge is -2.14. The first-order valence-corrected chi connectivity index (χ1v) is 13.5. The minimum atomic E-state index is 0.985. The number of para-hydroxylation sites is 3. The van der Waals surface area contributed by atoms with Crippen molar-refractivity contribution in [2.75, 3.05) is 0 Å². The number of imidazole rings is 1. The second kappa shape index (κ2) is 8.01. The first-order valence-electron chi connectivity index (χ1n) is 13.5. The first kappa shape index (κ1) is 21.5. The predicted molar refractivity (Wildman–Crippen MR) is 165 cm³/mol. The summed E-state index contributed by atoms with van der Waals surface area (Å²) in [5, 5.41) is 6.00. The van der Waals surface area contributed by atoms with E-state index in [-0.39, 0.29) is 0 Å². The molecule has 4 heteroatoms. The van der Waals surface area contributed by atoms with Gasteiger partial charge < -0.3 is 4.57 Å². The van der Waals surface area contributed by atoms with E-state index in [1.165, 1.54) is 27.1 Å². The second-order valence-electron chi connectivity index (χ2n) is 10.3. The number of fused-ring (bicyclic) bond motifs is 12. The Balaban J connectivity index is 1.52. The van der Waals surface area contributed by atoms with E-state index in [0.717, 1.165) is 49.9 Å². The zero-order chi connectivity index (χ0) is 26.2. The number of hydrogen-bond acceptors (Lipinski definition) is 2. The molecule has 0 unspecified atom stereocenters. The van der Waals surface area contributed by atoms with Crippen molar-refractivity contribution in [3.8, 4) is 16.8 Å². The third-order valence-electron chi connectivity index (χ3n) is 8.14. The second-order valence-corrected chi connectivity index (χ2v) is 10.3. The molecular weight excluding hydrogens is 488 g/mol. The van der Waals surface area contributed by atoms with Crippen LogP contribution in [0.2, 0.25) is 0 Å². The van der Waals surface area contributed by atoms with Gasteiger partial charge in [-0.1, -0.05) is 91.0 Å². The van der Waals surface area contributed by atoms with Gasteiger partial charge in [-0.05, 0) is 41.3 Å². The Morgan fingerprint density at radius 2 is 1.23 bits per heavy atom. The van der Waals surface area contributed by atoms with Crippen LogP contribution in [-0.2, 0) is 0 Å².